The van der Waals surface area contributed by atoms with Crippen molar-refractivity contribution in [2.45, 2.75) is 20.4 Å². The number of aromatic nitrogens is 3. The van der Waals surface area contributed by atoms with Gasteiger partial charge in [-0.1, -0.05) is 6.07 Å². The van der Waals surface area contributed by atoms with E-state index in [-0.39, 0.29) is 5.82 Å². The van der Waals surface area contributed by atoms with Crippen LogP contribution >= 0.6 is 0 Å². The summed E-state index contributed by atoms with van der Waals surface area (Å²) in [6.07, 6.45) is 7.39. The van der Waals surface area contributed by atoms with E-state index in [4.69, 9.17) is 0 Å². The van der Waals surface area contributed by atoms with Gasteiger partial charge in [0.2, 0.25) is 0 Å². The Balaban J connectivity index is 1.92. The minimum absolute atomic E-state index is 0.183. The number of pyridine rings is 1. The molecule has 1 aromatic carbocycles. The first-order valence-corrected chi connectivity index (χ1v) is 6.81. The highest BCUT2D eigenvalue weighted by atomic mass is 19.1. The molecule has 3 rings (SSSR count). The minimum atomic E-state index is -0.183. The zero-order valence-corrected chi connectivity index (χ0v) is 12.0. The molecule has 2 heterocycles. The van der Waals surface area contributed by atoms with Crippen LogP contribution < -0.4 is 0 Å². The number of aryl methyl sites for hydroxylation is 2. The maximum Gasteiger partial charge on any atom is 0.126 e. The van der Waals surface area contributed by atoms with Gasteiger partial charge in [-0.15, -0.1) is 0 Å². The van der Waals surface area contributed by atoms with Gasteiger partial charge in [0.15, 0.2) is 0 Å². The Morgan fingerprint density at radius 1 is 1.10 bits per heavy atom. The van der Waals surface area contributed by atoms with Gasteiger partial charge in [-0.05, 0) is 48.7 Å². The van der Waals surface area contributed by atoms with Gasteiger partial charge in [0.25, 0.3) is 0 Å². The average molecular weight is 281 g/mol. The Morgan fingerprint density at radius 3 is 2.67 bits per heavy atom. The maximum atomic E-state index is 13.4. The van der Waals surface area contributed by atoms with Crippen molar-refractivity contribution in [1.29, 1.82) is 0 Å². The molecule has 0 radical (unpaired) electrons. The quantitative estimate of drug-likeness (QED) is 0.732. The van der Waals surface area contributed by atoms with Gasteiger partial charge < -0.3 is 4.57 Å². The maximum absolute atomic E-state index is 13.4. The lowest BCUT2D eigenvalue weighted by atomic mass is 10.0. The summed E-state index contributed by atoms with van der Waals surface area (Å²) >= 11 is 0. The number of halogens is 1. The number of hydrogen-bond acceptors (Lipinski definition) is 2. The zero-order valence-electron chi connectivity index (χ0n) is 12.0. The molecule has 3 aromatic rings. The molecule has 0 aliphatic carbocycles. The van der Waals surface area contributed by atoms with Crippen LogP contribution in [-0.4, -0.2) is 14.5 Å². The highest BCUT2D eigenvalue weighted by Crippen LogP contribution is 2.22. The topological polar surface area (TPSA) is 30.7 Å². The van der Waals surface area contributed by atoms with Crippen molar-refractivity contribution in [2.24, 2.45) is 0 Å². The smallest absolute Gasteiger partial charge is 0.126 e. The number of nitrogens with zero attached hydrogens (tertiary/aromatic N) is 3. The summed E-state index contributed by atoms with van der Waals surface area (Å²) in [7, 11) is 0. The van der Waals surface area contributed by atoms with E-state index >= 15 is 0 Å². The van der Waals surface area contributed by atoms with Crippen molar-refractivity contribution in [3.8, 4) is 11.1 Å². The molecule has 0 saturated heterocycles. The summed E-state index contributed by atoms with van der Waals surface area (Å²) in [6.45, 7) is 4.47. The Bertz CT molecular complexity index is 777. The second-order valence-electron chi connectivity index (χ2n) is 5.15. The third-order valence-electron chi connectivity index (χ3n) is 3.56. The van der Waals surface area contributed by atoms with Gasteiger partial charge >= 0.3 is 0 Å². The van der Waals surface area contributed by atoms with Gasteiger partial charge in [-0.2, -0.15) is 0 Å². The second-order valence-corrected chi connectivity index (χ2v) is 5.15. The average Bonchev–Trinajstić information content (AvgIpc) is 2.88. The van der Waals surface area contributed by atoms with E-state index in [1.807, 2.05) is 25.4 Å². The molecule has 0 spiro atoms. The fourth-order valence-corrected chi connectivity index (χ4v) is 2.32. The normalized spacial score (nSPS) is 10.8. The predicted molar refractivity (Wildman–Crippen MR) is 80.4 cm³/mol. The standard InChI is InChI=1S/C17H16FN3/c1-12-7-15(3-4-17(12)18)16-8-14(9-19-10-16)11-21-6-5-20-13(21)2/h3-10H,11H2,1-2H3. The van der Waals surface area contributed by atoms with Crippen LogP contribution in [0, 0.1) is 19.7 Å². The van der Waals surface area contributed by atoms with E-state index in [0.717, 1.165) is 29.1 Å². The van der Waals surface area contributed by atoms with Crippen LogP contribution in [0.1, 0.15) is 17.0 Å². The third-order valence-corrected chi connectivity index (χ3v) is 3.56. The lowest BCUT2D eigenvalue weighted by Gasteiger charge is -2.08. The van der Waals surface area contributed by atoms with Crippen LogP contribution in [0.25, 0.3) is 11.1 Å². The lowest BCUT2D eigenvalue weighted by molar-refractivity contribution is 0.619. The van der Waals surface area contributed by atoms with Crippen LogP contribution in [0.4, 0.5) is 4.39 Å². The van der Waals surface area contributed by atoms with Gasteiger partial charge in [0, 0.05) is 30.4 Å². The van der Waals surface area contributed by atoms with E-state index in [0.29, 0.717) is 5.56 Å². The summed E-state index contributed by atoms with van der Waals surface area (Å²) in [5.41, 5.74) is 3.71. The zero-order chi connectivity index (χ0) is 14.8. The molecule has 0 atom stereocenters. The molecule has 0 aliphatic rings. The Hall–Kier alpha value is -2.49. The lowest BCUT2D eigenvalue weighted by Crippen LogP contribution is -2.01. The number of hydrogen-bond donors (Lipinski definition) is 0. The fraction of sp³-hybridized carbons (Fsp3) is 0.176. The summed E-state index contributed by atoms with van der Waals surface area (Å²) in [6, 6.07) is 7.21. The van der Waals surface area contributed by atoms with Crippen LogP contribution in [0.15, 0.2) is 49.1 Å². The Labute approximate surface area is 123 Å². The Kier molecular flexibility index (Phi) is 3.52. The molecule has 2 aromatic heterocycles. The van der Waals surface area contributed by atoms with E-state index in [9.17, 15) is 4.39 Å². The van der Waals surface area contributed by atoms with Crippen molar-refractivity contribution in [1.82, 2.24) is 14.5 Å². The third kappa shape index (κ3) is 2.84. The van der Waals surface area contributed by atoms with Crippen molar-refractivity contribution >= 4 is 0 Å². The van der Waals surface area contributed by atoms with Gasteiger partial charge in [0.05, 0.1) is 6.54 Å². The van der Waals surface area contributed by atoms with Crippen molar-refractivity contribution in [3.05, 3.63) is 71.8 Å². The van der Waals surface area contributed by atoms with Crippen LogP contribution in [0.2, 0.25) is 0 Å². The number of imidazole rings is 1. The highest BCUT2D eigenvalue weighted by molar-refractivity contribution is 5.63. The van der Waals surface area contributed by atoms with Gasteiger partial charge in [-0.3, -0.25) is 4.98 Å². The minimum Gasteiger partial charge on any atom is -0.331 e. The summed E-state index contributed by atoms with van der Waals surface area (Å²) < 4.78 is 15.4. The summed E-state index contributed by atoms with van der Waals surface area (Å²) in [5.74, 6) is 0.787. The molecular weight excluding hydrogens is 265 g/mol. The molecule has 106 valence electrons. The van der Waals surface area contributed by atoms with E-state index in [1.54, 1.807) is 25.4 Å². The van der Waals surface area contributed by atoms with E-state index in [1.165, 1.54) is 6.07 Å². The molecule has 0 bridgehead atoms. The van der Waals surface area contributed by atoms with Crippen LogP contribution in [-0.2, 0) is 6.54 Å². The molecule has 0 N–H and O–H groups in total. The van der Waals surface area contributed by atoms with Crippen LogP contribution in [0.5, 0.6) is 0 Å². The highest BCUT2D eigenvalue weighted by Gasteiger charge is 2.05. The SMILES string of the molecule is Cc1cc(-c2cncc(Cn3ccnc3C)c2)ccc1F. The first-order valence-electron chi connectivity index (χ1n) is 6.81. The monoisotopic (exact) mass is 281 g/mol. The molecule has 0 aliphatic heterocycles. The molecule has 4 heteroatoms. The molecule has 21 heavy (non-hydrogen) atoms. The molecule has 0 saturated carbocycles. The largest absolute Gasteiger partial charge is 0.331 e. The van der Waals surface area contributed by atoms with Gasteiger partial charge in [0.1, 0.15) is 11.6 Å². The van der Waals surface area contributed by atoms with E-state index < -0.39 is 0 Å². The fourth-order valence-electron chi connectivity index (χ4n) is 2.32. The van der Waals surface area contributed by atoms with Crippen molar-refractivity contribution in [3.63, 3.8) is 0 Å². The molecular formula is C17H16FN3. The summed E-state index contributed by atoms with van der Waals surface area (Å²) in [5, 5.41) is 0. The predicted octanol–water partition coefficient (Wildman–Crippen LogP) is 3.75. The van der Waals surface area contributed by atoms with Crippen LogP contribution in [0.3, 0.4) is 0 Å². The number of benzene rings is 1. The summed E-state index contributed by atoms with van der Waals surface area (Å²) in [4.78, 5) is 8.51. The molecule has 3 nitrogen and oxygen atoms in total. The molecule has 0 unspecified atom stereocenters. The van der Waals surface area contributed by atoms with Crippen molar-refractivity contribution in [2.75, 3.05) is 0 Å². The molecule has 0 fully saturated rings. The van der Waals surface area contributed by atoms with Gasteiger partial charge in [-0.25, -0.2) is 9.37 Å². The molecule has 0 amide bonds. The first-order chi connectivity index (χ1) is 10.1. The number of rotatable bonds is 3. The van der Waals surface area contributed by atoms with Crippen molar-refractivity contribution < 1.29 is 4.39 Å². The van der Waals surface area contributed by atoms with E-state index in [2.05, 4.69) is 20.6 Å². The Morgan fingerprint density at radius 2 is 1.95 bits per heavy atom. The second kappa shape index (κ2) is 5.48. The first kappa shape index (κ1) is 13.5.